The maximum Gasteiger partial charge on any atom is 0.277 e. The van der Waals surface area contributed by atoms with E-state index in [-0.39, 0.29) is 6.42 Å². The average molecular weight is 332 g/mol. The molecule has 0 bridgehead atoms. The Bertz CT molecular complexity index is 529. The van der Waals surface area contributed by atoms with Crippen LogP contribution in [0.25, 0.3) is 0 Å². The molecule has 0 saturated carbocycles. The number of nitrogens with one attached hydrogen (secondary N) is 1. The van der Waals surface area contributed by atoms with E-state index in [2.05, 4.69) is 5.32 Å². The summed E-state index contributed by atoms with van der Waals surface area (Å²) in [6, 6.07) is 5.54. The minimum atomic E-state index is -3.06. The second-order valence-corrected chi connectivity index (χ2v) is 5.91. The van der Waals surface area contributed by atoms with E-state index in [1.807, 2.05) is 18.2 Å². The van der Waals surface area contributed by atoms with Crippen LogP contribution in [-0.2, 0) is 4.79 Å². The highest BCUT2D eigenvalue weighted by Crippen LogP contribution is 2.34. The summed E-state index contributed by atoms with van der Waals surface area (Å²) in [6.07, 6.45) is 0.153. The Hall–Kier alpha value is -1.54. The normalized spacial score (nSPS) is 13.8. The zero-order valence-corrected chi connectivity index (χ0v) is 12.8. The molecule has 0 atom stereocenters. The zero-order chi connectivity index (χ0) is 16.0. The smallest absolute Gasteiger partial charge is 0.277 e. The van der Waals surface area contributed by atoms with Crippen molar-refractivity contribution < 1.29 is 23.0 Å². The maximum atomic E-state index is 12.9. The van der Waals surface area contributed by atoms with Crippen LogP contribution >= 0.6 is 11.8 Å². The molecule has 1 aliphatic heterocycles. The van der Waals surface area contributed by atoms with Crippen molar-refractivity contribution in [2.45, 2.75) is 17.2 Å². The topological polar surface area (TPSA) is 73.6 Å². The Morgan fingerprint density at radius 2 is 2.05 bits per heavy atom. The summed E-state index contributed by atoms with van der Waals surface area (Å²) >= 11 is 1.45. The molecule has 2 rings (SSSR count). The van der Waals surface area contributed by atoms with Crippen molar-refractivity contribution in [2.75, 3.05) is 32.1 Å². The van der Waals surface area contributed by atoms with Gasteiger partial charge in [-0.1, -0.05) is 0 Å². The zero-order valence-electron chi connectivity index (χ0n) is 11.9. The van der Waals surface area contributed by atoms with Crippen LogP contribution in [0.3, 0.4) is 0 Å². The number of halogens is 2. The van der Waals surface area contributed by atoms with Crippen LogP contribution < -0.4 is 20.5 Å². The van der Waals surface area contributed by atoms with Gasteiger partial charge >= 0.3 is 0 Å². The third-order valence-corrected chi connectivity index (χ3v) is 3.95. The molecule has 3 N–H and O–H groups in total. The number of benzene rings is 1. The molecule has 1 aromatic carbocycles. The van der Waals surface area contributed by atoms with Gasteiger partial charge in [0, 0.05) is 17.1 Å². The standard InChI is InChI=1S/C14H18F2N2O3S/c15-14(16,8-17)9-18-13(19)3-6-22-10-1-2-11-12(7-10)21-5-4-20-11/h1-2,7H,3-6,8-9,17H2,(H,18,19). The van der Waals surface area contributed by atoms with E-state index in [1.54, 1.807) is 0 Å². The summed E-state index contributed by atoms with van der Waals surface area (Å²) in [5.74, 6) is -1.60. The quantitative estimate of drug-likeness (QED) is 0.743. The lowest BCUT2D eigenvalue weighted by molar-refractivity contribution is -0.122. The van der Waals surface area contributed by atoms with Crippen LogP contribution in [0, 0.1) is 0 Å². The first-order valence-electron chi connectivity index (χ1n) is 6.87. The van der Waals surface area contributed by atoms with Gasteiger partial charge in [-0.3, -0.25) is 4.79 Å². The molecule has 0 radical (unpaired) electrons. The van der Waals surface area contributed by atoms with Gasteiger partial charge in [-0.25, -0.2) is 8.78 Å². The number of hydrogen-bond acceptors (Lipinski definition) is 5. The largest absolute Gasteiger partial charge is 0.486 e. The van der Waals surface area contributed by atoms with E-state index < -0.39 is 24.9 Å². The lowest BCUT2D eigenvalue weighted by atomic mass is 10.3. The molecule has 0 saturated heterocycles. The van der Waals surface area contributed by atoms with Gasteiger partial charge in [-0.15, -0.1) is 11.8 Å². The van der Waals surface area contributed by atoms with Crippen LogP contribution in [0.5, 0.6) is 11.5 Å². The minimum absolute atomic E-state index is 0.153. The van der Waals surface area contributed by atoms with Gasteiger partial charge < -0.3 is 20.5 Å². The average Bonchev–Trinajstić information content (AvgIpc) is 2.53. The molecule has 1 aromatic rings. The summed E-state index contributed by atoms with van der Waals surface area (Å²) in [7, 11) is 0. The maximum absolute atomic E-state index is 12.9. The summed E-state index contributed by atoms with van der Waals surface area (Å²) in [6.45, 7) is -0.456. The van der Waals surface area contributed by atoms with Crippen LogP contribution in [-0.4, -0.2) is 43.9 Å². The van der Waals surface area contributed by atoms with Gasteiger partial charge in [0.2, 0.25) is 5.91 Å². The number of carbonyl (C=O) groups excluding carboxylic acids is 1. The first-order valence-corrected chi connectivity index (χ1v) is 7.86. The molecule has 5 nitrogen and oxygen atoms in total. The molecule has 0 aromatic heterocycles. The summed E-state index contributed by atoms with van der Waals surface area (Å²) in [5, 5.41) is 2.18. The third kappa shape index (κ3) is 5.03. The van der Waals surface area contributed by atoms with Crippen LogP contribution in [0.15, 0.2) is 23.1 Å². The first-order chi connectivity index (χ1) is 10.5. The SMILES string of the molecule is NCC(F)(F)CNC(=O)CCSc1ccc2c(c1)OCCO2. The van der Waals surface area contributed by atoms with E-state index in [0.29, 0.717) is 30.5 Å². The number of thioether (sulfide) groups is 1. The molecular formula is C14H18F2N2O3S. The van der Waals surface area contributed by atoms with Crippen LogP contribution in [0.4, 0.5) is 8.78 Å². The van der Waals surface area contributed by atoms with Gasteiger partial charge in [0.1, 0.15) is 13.2 Å². The fraction of sp³-hybridized carbons (Fsp3) is 0.500. The lowest BCUT2D eigenvalue weighted by Crippen LogP contribution is -2.41. The highest BCUT2D eigenvalue weighted by Gasteiger charge is 2.26. The Kier molecular flexibility index (Phi) is 5.84. The Morgan fingerprint density at radius 3 is 2.77 bits per heavy atom. The molecule has 0 aliphatic carbocycles. The van der Waals surface area contributed by atoms with E-state index in [9.17, 15) is 13.6 Å². The van der Waals surface area contributed by atoms with Crippen molar-refractivity contribution in [2.24, 2.45) is 5.73 Å². The van der Waals surface area contributed by atoms with Crippen molar-refractivity contribution in [1.82, 2.24) is 5.32 Å². The number of ether oxygens (including phenoxy) is 2. The van der Waals surface area contributed by atoms with Crippen molar-refractivity contribution in [3.8, 4) is 11.5 Å². The molecule has 1 amide bonds. The molecule has 8 heteroatoms. The highest BCUT2D eigenvalue weighted by atomic mass is 32.2. The molecule has 0 fully saturated rings. The lowest BCUT2D eigenvalue weighted by Gasteiger charge is -2.18. The fourth-order valence-electron chi connectivity index (χ4n) is 1.76. The van der Waals surface area contributed by atoms with Crippen molar-refractivity contribution in [1.29, 1.82) is 0 Å². The van der Waals surface area contributed by atoms with E-state index in [4.69, 9.17) is 15.2 Å². The molecule has 122 valence electrons. The second-order valence-electron chi connectivity index (χ2n) is 4.74. The van der Waals surface area contributed by atoms with Gasteiger partial charge in [0.25, 0.3) is 5.92 Å². The Labute approximate surface area is 131 Å². The molecule has 1 aliphatic rings. The summed E-state index contributed by atoms with van der Waals surface area (Å²) < 4.78 is 36.7. The molecule has 22 heavy (non-hydrogen) atoms. The van der Waals surface area contributed by atoms with E-state index in [0.717, 1.165) is 4.90 Å². The van der Waals surface area contributed by atoms with Crippen molar-refractivity contribution >= 4 is 17.7 Å². The van der Waals surface area contributed by atoms with E-state index in [1.165, 1.54) is 11.8 Å². The second kappa shape index (κ2) is 7.64. The molecular weight excluding hydrogens is 314 g/mol. The number of rotatable bonds is 7. The minimum Gasteiger partial charge on any atom is -0.486 e. The van der Waals surface area contributed by atoms with Gasteiger partial charge in [0.05, 0.1) is 13.1 Å². The van der Waals surface area contributed by atoms with Gasteiger partial charge in [0.15, 0.2) is 11.5 Å². The highest BCUT2D eigenvalue weighted by molar-refractivity contribution is 7.99. The molecule has 1 heterocycles. The van der Waals surface area contributed by atoms with E-state index >= 15 is 0 Å². The van der Waals surface area contributed by atoms with Gasteiger partial charge in [-0.2, -0.15) is 0 Å². The van der Waals surface area contributed by atoms with Crippen molar-refractivity contribution in [3.63, 3.8) is 0 Å². The number of amides is 1. The fourth-order valence-corrected chi connectivity index (χ4v) is 2.64. The third-order valence-electron chi connectivity index (χ3n) is 2.95. The molecule has 0 spiro atoms. The predicted molar refractivity (Wildman–Crippen MR) is 79.8 cm³/mol. The number of fused-ring (bicyclic) bond motifs is 1. The predicted octanol–water partition coefficient (Wildman–Crippen LogP) is 1.65. The first kappa shape index (κ1) is 16.8. The number of alkyl halides is 2. The molecule has 0 unspecified atom stereocenters. The Morgan fingerprint density at radius 1 is 1.32 bits per heavy atom. The monoisotopic (exact) mass is 332 g/mol. The van der Waals surface area contributed by atoms with Crippen molar-refractivity contribution in [3.05, 3.63) is 18.2 Å². The van der Waals surface area contributed by atoms with Crippen LogP contribution in [0.2, 0.25) is 0 Å². The Balaban J connectivity index is 1.73. The number of carbonyl (C=O) groups is 1. The number of nitrogens with two attached hydrogens (primary N) is 1. The van der Waals surface area contributed by atoms with Gasteiger partial charge in [-0.05, 0) is 18.2 Å². The number of hydrogen-bond donors (Lipinski definition) is 2. The summed E-state index contributed by atoms with van der Waals surface area (Å²) in [4.78, 5) is 12.4. The van der Waals surface area contributed by atoms with Crippen LogP contribution in [0.1, 0.15) is 6.42 Å². The summed E-state index contributed by atoms with van der Waals surface area (Å²) in [5.41, 5.74) is 4.90.